The number of aromatic hydroxyl groups is 1. The summed E-state index contributed by atoms with van der Waals surface area (Å²) in [6.07, 6.45) is 0. The van der Waals surface area contributed by atoms with Crippen molar-refractivity contribution in [3.63, 3.8) is 0 Å². The van der Waals surface area contributed by atoms with Crippen LogP contribution in [-0.4, -0.2) is 17.4 Å². The van der Waals surface area contributed by atoms with Gasteiger partial charge in [0.25, 0.3) is 0 Å². The van der Waals surface area contributed by atoms with Gasteiger partial charge >= 0.3 is 0 Å². The Morgan fingerprint density at radius 3 is 3.00 bits per heavy atom. The molecule has 0 amide bonds. The topological polar surface area (TPSA) is 86.1 Å². The minimum absolute atomic E-state index is 0.183. The number of phenols is 1. The summed E-state index contributed by atoms with van der Waals surface area (Å²) in [5, 5.41) is 12.2. The number of nitrogens with zero attached hydrogens (tertiary/aromatic N) is 3. The van der Waals surface area contributed by atoms with E-state index < -0.39 is 18.1 Å². The molecular formula is C8H6FN3O2. The number of Topliss-reactive ketones (excluding diaryl/α,β-unsaturated/α-hetero) is 1. The number of ketones is 1. The third-order valence-corrected chi connectivity index (χ3v) is 1.54. The standard InChI is InChI=1S/C8H6FN3O2/c9-5-1-2-7(13)6(3-5)8(14)4-11-12-10/h1-3,13H,4H2. The molecule has 6 heteroatoms. The SMILES string of the molecule is [N-]=[N+]=NCC(=O)c1cc(F)ccc1O. The zero-order valence-electron chi connectivity index (χ0n) is 7.01. The number of hydrogen-bond donors (Lipinski definition) is 1. The Balaban J connectivity index is 2.99. The van der Waals surface area contributed by atoms with E-state index in [1.54, 1.807) is 0 Å². The van der Waals surface area contributed by atoms with E-state index in [9.17, 15) is 14.3 Å². The molecular weight excluding hydrogens is 189 g/mol. The molecule has 1 aromatic rings. The van der Waals surface area contributed by atoms with E-state index in [1.165, 1.54) is 0 Å². The summed E-state index contributed by atoms with van der Waals surface area (Å²) in [6.45, 7) is -0.437. The van der Waals surface area contributed by atoms with Gasteiger partial charge in [0.15, 0.2) is 5.78 Å². The maximum absolute atomic E-state index is 12.7. The third-order valence-electron chi connectivity index (χ3n) is 1.54. The minimum Gasteiger partial charge on any atom is -0.507 e. The molecule has 0 bridgehead atoms. The Labute approximate surface area is 78.4 Å². The molecule has 72 valence electrons. The number of halogens is 1. The van der Waals surface area contributed by atoms with Crippen LogP contribution in [0.2, 0.25) is 0 Å². The molecule has 5 nitrogen and oxygen atoms in total. The Kier molecular flexibility index (Phi) is 3.04. The average Bonchev–Trinajstić information content (AvgIpc) is 2.18. The van der Waals surface area contributed by atoms with Gasteiger partial charge in [-0.25, -0.2) is 4.39 Å². The molecule has 0 unspecified atom stereocenters. The Hall–Kier alpha value is -2.07. The average molecular weight is 195 g/mol. The maximum atomic E-state index is 12.7. The molecule has 0 spiro atoms. The Morgan fingerprint density at radius 1 is 1.64 bits per heavy atom. The molecule has 0 heterocycles. The summed E-state index contributed by atoms with van der Waals surface area (Å²) in [4.78, 5) is 13.6. The van der Waals surface area contributed by atoms with Gasteiger partial charge in [-0.15, -0.1) is 0 Å². The lowest BCUT2D eigenvalue weighted by Crippen LogP contribution is -2.03. The Morgan fingerprint density at radius 2 is 2.36 bits per heavy atom. The second kappa shape index (κ2) is 4.25. The molecule has 0 saturated carbocycles. The van der Waals surface area contributed by atoms with Crippen molar-refractivity contribution < 1.29 is 14.3 Å². The van der Waals surface area contributed by atoms with Gasteiger partial charge in [-0.05, 0) is 23.7 Å². The highest BCUT2D eigenvalue weighted by Gasteiger charge is 2.10. The fourth-order valence-corrected chi connectivity index (χ4v) is 0.913. The lowest BCUT2D eigenvalue weighted by atomic mass is 10.1. The number of azide groups is 1. The first-order chi connectivity index (χ1) is 6.65. The van der Waals surface area contributed by atoms with Crippen molar-refractivity contribution in [1.82, 2.24) is 0 Å². The smallest absolute Gasteiger partial charge is 0.172 e. The largest absolute Gasteiger partial charge is 0.507 e. The van der Waals surface area contributed by atoms with Gasteiger partial charge in [0.1, 0.15) is 11.6 Å². The lowest BCUT2D eigenvalue weighted by molar-refractivity contribution is 0.0998. The van der Waals surface area contributed by atoms with Crippen LogP contribution in [-0.2, 0) is 0 Å². The van der Waals surface area contributed by atoms with Gasteiger partial charge in [-0.3, -0.25) is 4.79 Å². The van der Waals surface area contributed by atoms with Crippen LogP contribution >= 0.6 is 0 Å². The van der Waals surface area contributed by atoms with Crippen molar-refractivity contribution in [3.8, 4) is 5.75 Å². The van der Waals surface area contributed by atoms with Crippen LogP contribution in [0.25, 0.3) is 10.4 Å². The van der Waals surface area contributed by atoms with Crippen molar-refractivity contribution in [3.05, 3.63) is 40.0 Å². The summed E-state index contributed by atoms with van der Waals surface area (Å²) in [5.41, 5.74) is 7.77. The fourth-order valence-electron chi connectivity index (χ4n) is 0.913. The highest BCUT2D eigenvalue weighted by molar-refractivity contribution is 6.00. The molecule has 0 aliphatic heterocycles. The summed E-state index contributed by atoms with van der Waals surface area (Å²) in [7, 11) is 0. The molecule has 0 aromatic heterocycles. The number of hydrogen-bond acceptors (Lipinski definition) is 3. The highest BCUT2D eigenvalue weighted by atomic mass is 19.1. The van der Waals surface area contributed by atoms with Crippen LogP contribution < -0.4 is 0 Å². The molecule has 1 N–H and O–H groups in total. The molecule has 0 radical (unpaired) electrons. The van der Waals surface area contributed by atoms with Gasteiger partial charge in [0.05, 0.1) is 12.1 Å². The van der Waals surface area contributed by atoms with E-state index in [0.717, 1.165) is 18.2 Å². The normalized spacial score (nSPS) is 9.21. The summed E-state index contributed by atoms with van der Waals surface area (Å²) < 4.78 is 12.7. The molecule has 0 saturated heterocycles. The molecule has 1 aromatic carbocycles. The van der Waals surface area contributed by atoms with Crippen LogP contribution in [0.1, 0.15) is 10.4 Å². The zero-order valence-corrected chi connectivity index (χ0v) is 7.01. The predicted molar refractivity (Wildman–Crippen MR) is 46.4 cm³/mol. The quantitative estimate of drug-likeness (QED) is 0.346. The second-order valence-corrected chi connectivity index (χ2v) is 2.47. The van der Waals surface area contributed by atoms with Crippen molar-refractivity contribution in [2.24, 2.45) is 5.11 Å². The fraction of sp³-hybridized carbons (Fsp3) is 0.125. The molecule has 0 aliphatic rings. The number of carbonyl (C=O) groups is 1. The predicted octanol–water partition coefficient (Wildman–Crippen LogP) is 2.02. The van der Waals surface area contributed by atoms with Crippen molar-refractivity contribution >= 4 is 5.78 Å². The second-order valence-electron chi connectivity index (χ2n) is 2.47. The first kappa shape index (κ1) is 10.0. The van der Waals surface area contributed by atoms with Crippen molar-refractivity contribution in [2.75, 3.05) is 6.54 Å². The van der Waals surface area contributed by atoms with Crippen LogP contribution in [0.3, 0.4) is 0 Å². The monoisotopic (exact) mass is 195 g/mol. The van der Waals surface area contributed by atoms with Crippen LogP contribution in [0, 0.1) is 5.82 Å². The van der Waals surface area contributed by atoms with Gasteiger partial charge in [0.2, 0.25) is 0 Å². The van der Waals surface area contributed by atoms with Crippen molar-refractivity contribution in [2.45, 2.75) is 0 Å². The number of carbonyl (C=O) groups excluding carboxylic acids is 1. The van der Waals surface area contributed by atoms with Crippen LogP contribution in [0.4, 0.5) is 4.39 Å². The van der Waals surface area contributed by atoms with E-state index in [-0.39, 0.29) is 11.3 Å². The van der Waals surface area contributed by atoms with Gasteiger partial charge in [0, 0.05) is 4.91 Å². The van der Waals surface area contributed by atoms with Gasteiger partial charge in [-0.2, -0.15) is 0 Å². The number of phenolic OH excluding ortho intramolecular Hbond substituents is 1. The summed E-state index contributed by atoms with van der Waals surface area (Å²) in [6, 6.07) is 2.99. The van der Waals surface area contributed by atoms with Crippen LogP contribution in [0.15, 0.2) is 23.3 Å². The minimum atomic E-state index is -0.632. The first-order valence-electron chi connectivity index (χ1n) is 3.67. The van der Waals surface area contributed by atoms with E-state index in [4.69, 9.17) is 5.53 Å². The summed E-state index contributed by atoms with van der Waals surface area (Å²) >= 11 is 0. The van der Waals surface area contributed by atoms with Crippen LogP contribution in [0.5, 0.6) is 5.75 Å². The molecule has 14 heavy (non-hydrogen) atoms. The Bertz CT molecular complexity index is 413. The third kappa shape index (κ3) is 2.21. The molecule has 0 atom stereocenters. The summed E-state index contributed by atoms with van der Waals surface area (Å²) in [5.74, 6) is -1.59. The van der Waals surface area contributed by atoms with E-state index in [0.29, 0.717) is 0 Å². The number of rotatable bonds is 3. The highest BCUT2D eigenvalue weighted by Crippen LogP contribution is 2.18. The maximum Gasteiger partial charge on any atom is 0.172 e. The van der Waals surface area contributed by atoms with E-state index in [2.05, 4.69) is 10.0 Å². The zero-order chi connectivity index (χ0) is 10.6. The van der Waals surface area contributed by atoms with Gasteiger partial charge in [-0.1, -0.05) is 5.11 Å². The number of benzene rings is 1. The van der Waals surface area contributed by atoms with Gasteiger partial charge < -0.3 is 5.11 Å². The molecule has 0 fully saturated rings. The lowest BCUT2D eigenvalue weighted by Gasteiger charge is -2.00. The van der Waals surface area contributed by atoms with E-state index >= 15 is 0 Å². The molecule has 1 rings (SSSR count). The first-order valence-corrected chi connectivity index (χ1v) is 3.67. The van der Waals surface area contributed by atoms with Crippen molar-refractivity contribution in [1.29, 1.82) is 0 Å². The molecule has 0 aliphatic carbocycles. The van der Waals surface area contributed by atoms with E-state index in [1.807, 2.05) is 0 Å².